The maximum atomic E-state index is 12.5. The lowest BCUT2D eigenvalue weighted by Gasteiger charge is -2.14. The Morgan fingerprint density at radius 3 is 2.31 bits per heavy atom. The SMILES string of the molecule is Cc1ccccc1OCCCCOc1ccc(C(=O)CC2CCCC2)c(O)c1C. The fourth-order valence-corrected chi connectivity index (χ4v) is 3.94. The average Bonchev–Trinajstić information content (AvgIpc) is 3.22. The van der Waals surface area contributed by atoms with Gasteiger partial charge in [-0.3, -0.25) is 4.79 Å². The lowest BCUT2D eigenvalue weighted by molar-refractivity contribution is 0.0959. The Kier molecular flexibility index (Phi) is 7.56. The van der Waals surface area contributed by atoms with E-state index in [1.54, 1.807) is 19.1 Å². The zero-order valence-electron chi connectivity index (χ0n) is 17.6. The number of phenols is 1. The van der Waals surface area contributed by atoms with Crippen molar-refractivity contribution >= 4 is 5.78 Å². The highest BCUT2D eigenvalue weighted by Crippen LogP contribution is 2.34. The molecular weight excluding hydrogens is 364 g/mol. The molecule has 4 heteroatoms. The molecule has 2 aromatic carbocycles. The molecule has 0 bridgehead atoms. The lowest BCUT2D eigenvalue weighted by atomic mass is 9.95. The molecule has 3 rings (SSSR count). The Bertz CT molecular complexity index is 822. The highest BCUT2D eigenvalue weighted by molar-refractivity contribution is 5.99. The van der Waals surface area contributed by atoms with Crippen LogP contribution in [0.2, 0.25) is 0 Å². The number of hydrogen-bond acceptors (Lipinski definition) is 4. The number of carbonyl (C=O) groups excluding carboxylic acids is 1. The summed E-state index contributed by atoms with van der Waals surface area (Å²) in [5, 5.41) is 10.5. The zero-order chi connectivity index (χ0) is 20.6. The monoisotopic (exact) mass is 396 g/mol. The van der Waals surface area contributed by atoms with E-state index in [9.17, 15) is 9.90 Å². The lowest BCUT2D eigenvalue weighted by Crippen LogP contribution is -2.08. The number of aryl methyl sites for hydroxylation is 1. The number of hydrogen-bond donors (Lipinski definition) is 1. The summed E-state index contributed by atoms with van der Waals surface area (Å²) < 4.78 is 11.6. The van der Waals surface area contributed by atoms with Crippen LogP contribution in [0.15, 0.2) is 36.4 Å². The summed E-state index contributed by atoms with van der Waals surface area (Å²) >= 11 is 0. The number of carbonyl (C=O) groups is 1. The Morgan fingerprint density at radius 1 is 0.966 bits per heavy atom. The largest absolute Gasteiger partial charge is 0.507 e. The van der Waals surface area contributed by atoms with Gasteiger partial charge in [-0.15, -0.1) is 0 Å². The Labute approximate surface area is 173 Å². The van der Waals surface area contributed by atoms with Gasteiger partial charge in [-0.2, -0.15) is 0 Å². The maximum Gasteiger partial charge on any atom is 0.166 e. The van der Waals surface area contributed by atoms with Crippen LogP contribution in [0.5, 0.6) is 17.2 Å². The predicted octanol–water partition coefficient (Wildman–Crippen LogP) is 6.01. The summed E-state index contributed by atoms with van der Waals surface area (Å²) in [5.41, 5.74) is 2.20. The number of para-hydroxylation sites is 1. The van der Waals surface area contributed by atoms with Crippen molar-refractivity contribution in [2.24, 2.45) is 5.92 Å². The fraction of sp³-hybridized carbons (Fsp3) is 0.480. The third-order valence-electron chi connectivity index (χ3n) is 5.78. The van der Waals surface area contributed by atoms with E-state index in [0.29, 0.717) is 42.4 Å². The minimum atomic E-state index is 0.0393. The summed E-state index contributed by atoms with van der Waals surface area (Å²) in [4.78, 5) is 12.5. The number of ether oxygens (including phenoxy) is 2. The van der Waals surface area contributed by atoms with Gasteiger partial charge >= 0.3 is 0 Å². The number of benzene rings is 2. The molecule has 2 aromatic rings. The van der Waals surface area contributed by atoms with Crippen LogP contribution in [0.3, 0.4) is 0 Å². The van der Waals surface area contributed by atoms with E-state index in [4.69, 9.17) is 9.47 Å². The summed E-state index contributed by atoms with van der Waals surface area (Å²) in [6, 6.07) is 11.5. The molecule has 4 nitrogen and oxygen atoms in total. The normalized spacial score (nSPS) is 14.1. The highest BCUT2D eigenvalue weighted by atomic mass is 16.5. The second-order valence-corrected chi connectivity index (χ2v) is 8.03. The minimum absolute atomic E-state index is 0.0393. The first-order valence-corrected chi connectivity index (χ1v) is 10.7. The van der Waals surface area contributed by atoms with E-state index < -0.39 is 0 Å². The number of ketones is 1. The summed E-state index contributed by atoms with van der Waals surface area (Å²) in [5.74, 6) is 2.14. The van der Waals surface area contributed by atoms with Crippen LogP contribution >= 0.6 is 0 Å². The Hall–Kier alpha value is -2.49. The number of unbranched alkanes of at least 4 members (excludes halogenated alkanes) is 1. The van der Waals surface area contributed by atoms with Crippen LogP contribution in [0, 0.1) is 19.8 Å². The van der Waals surface area contributed by atoms with Crippen molar-refractivity contribution in [2.45, 2.75) is 58.8 Å². The topological polar surface area (TPSA) is 55.8 Å². The summed E-state index contributed by atoms with van der Waals surface area (Å²) in [6.07, 6.45) is 6.96. The molecule has 0 spiro atoms. The van der Waals surface area contributed by atoms with Crippen LogP contribution in [-0.4, -0.2) is 24.1 Å². The molecule has 156 valence electrons. The van der Waals surface area contributed by atoms with Crippen molar-refractivity contribution in [3.63, 3.8) is 0 Å². The van der Waals surface area contributed by atoms with Gasteiger partial charge in [-0.1, -0.05) is 43.9 Å². The molecule has 0 radical (unpaired) electrons. The van der Waals surface area contributed by atoms with Gasteiger partial charge in [0.25, 0.3) is 0 Å². The van der Waals surface area contributed by atoms with Crippen molar-refractivity contribution in [3.05, 3.63) is 53.1 Å². The maximum absolute atomic E-state index is 12.5. The molecule has 1 fully saturated rings. The van der Waals surface area contributed by atoms with Crippen molar-refractivity contribution in [1.29, 1.82) is 0 Å². The molecule has 0 heterocycles. The third kappa shape index (κ3) is 5.75. The minimum Gasteiger partial charge on any atom is -0.507 e. The first-order chi connectivity index (χ1) is 14.1. The van der Waals surface area contributed by atoms with Crippen molar-refractivity contribution in [3.8, 4) is 17.2 Å². The van der Waals surface area contributed by atoms with Gasteiger partial charge in [-0.25, -0.2) is 0 Å². The highest BCUT2D eigenvalue weighted by Gasteiger charge is 2.22. The molecule has 1 saturated carbocycles. The fourth-order valence-electron chi connectivity index (χ4n) is 3.94. The molecule has 0 amide bonds. The van der Waals surface area contributed by atoms with E-state index in [1.807, 2.05) is 31.2 Å². The standard InChI is InChI=1S/C25H32O4/c1-18-9-3-6-12-23(18)28-15-7-8-16-29-24-14-13-21(25(27)19(24)2)22(26)17-20-10-4-5-11-20/h3,6,9,12-14,20,27H,4-5,7-8,10-11,15-17H2,1-2H3. The van der Waals surface area contributed by atoms with Crippen molar-refractivity contribution in [1.82, 2.24) is 0 Å². The molecule has 0 atom stereocenters. The molecule has 1 aliphatic rings. The van der Waals surface area contributed by atoms with Crippen LogP contribution in [0.4, 0.5) is 0 Å². The van der Waals surface area contributed by atoms with Crippen LogP contribution < -0.4 is 9.47 Å². The zero-order valence-corrected chi connectivity index (χ0v) is 17.6. The third-order valence-corrected chi connectivity index (χ3v) is 5.78. The van der Waals surface area contributed by atoms with Crippen molar-refractivity contribution in [2.75, 3.05) is 13.2 Å². The number of rotatable bonds is 10. The second-order valence-electron chi connectivity index (χ2n) is 8.03. The van der Waals surface area contributed by atoms with Crippen LogP contribution in [-0.2, 0) is 0 Å². The summed E-state index contributed by atoms with van der Waals surface area (Å²) in [6.45, 7) is 5.04. The summed E-state index contributed by atoms with van der Waals surface area (Å²) in [7, 11) is 0. The molecule has 0 aliphatic heterocycles. The van der Waals surface area contributed by atoms with Gasteiger partial charge in [0, 0.05) is 12.0 Å². The molecular formula is C25H32O4. The first-order valence-electron chi connectivity index (χ1n) is 10.7. The van der Waals surface area contributed by atoms with E-state index in [-0.39, 0.29) is 11.5 Å². The predicted molar refractivity (Wildman–Crippen MR) is 115 cm³/mol. The molecule has 1 aliphatic carbocycles. The Morgan fingerprint density at radius 2 is 1.62 bits per heavy atom. The number of Topliss-reactive ketones (excluding diaryl/α,β-unsaturated/α-hetero) is 1. The average molecular weight is 397 g/mol. The molecule has 0 aromatic heterocycles. The molecule has 0 saturated heterocycles. The van der Waals surface area contributed by atoms with Crippen LogP contribution in [0.25, 0.3) is 0 Å². The number of phenolic OH excluding ortho intramolecular Hbond substituents is 1. The van der Waals surface area contributed by atoms with E-state index in [1.165, 1.54) is 12.8 Å². The van der Waals surface area contributed by atoms with E-state index in [2.05, 4.69) is 0 Å². The smallest absolute Gasteiger partial charge is 0.166 e. The van der Waals surface area contributed by atoms with Crippen molar-refractivity contribution < 1.29 is 19.4 Å². The molecule has 1 N–H and O–H groups in total. The second kappa shape index (κ2) is 10.3. The van der Waals surface area contributed by atoms with Gasteiger partial charge in [0.05, 0.1) is 18.8 Å². The number of aromatic hydroxyl groups is 1. The van der Waals surface area contributed by atoms with Gasteiger partial charge in [0.15, 0.2) is 5.78 Å². The van der Waals surface area contributed by atoms with E-state index in [0.717, 1.165) is 37.0 Å². The quantitative estimate of drug-likeness (QED) is 0.395. The van der Waals surface area contributed by atoms with Gasteiger partial charge < -0.3 is 14.6 Å². The van der Waals surface area contributed by atoms with Gasteiger partial charge in [-0.05, 0) is 56.4 Å². The molecule has 0 unspecified atom stereocenters. The van der Waals surface area contributed by atoms with Gasteiger partial charge in [0.2, 0.25) is 0 Å². The van der Waals surface area contributed by atoms with E-state index >= 15 is 0 Å². The molecule has 29 heavy (non-hydrogen) atoms. The Balaban J connectivity index is 1.44. The first kappa shape index (κ1) is 21.2. The van der Waals surface area contributed by atoms with Gasteiger partial charge in [0.1, 0.15) is 17.2 Å². The van der Waals surface area contributed by atoms with Crippen LogP contribution in [0.1, 0.15) is 66.4 Å².